The van der Waals surface area contributed by atoms with E-state index in [2.05, 4.69) is 10.4 Å². The predicted octanol–water partition coefficient (Wildman–Crippen LogP) is 2.74. The van der Waals surface area contributed by atoms with Crippen molar-refractivity contribution in [3.8, 4) is 5.75 Å². The van der Waals surface area contributed by atoms with Crippen molar-refractivity contribution >= 4 is 11.6 Å². The van der Waals surface area contributed by atoms with Crippen molar-refractivity contribution in [1.82, 2.24) is 15.1 Å². The van der Waals surface area contributed by atoms with E-state index < -0.39 is 4.92 Å². The lowest BCUT2D eigenvalue weighted by atomic mass is 10.3. The summed E-state index contributed by atoms with van der Waals surface area (Å²) >= 11 is 0. The van der Waals surface area contributed by atoms with Gasteiger partial charge in [0, 0.05) is 13.1 Å². The summed E-state index contributed by atoms with van der Waals surface area (Å²) in [4.78, 5) is 22.7. The molecule has 9 nitrogen and oxygen atoms in total. The number of carbonyl (C=O) groups excluding carboxylic acids is 1. The summed E-state index contributed by atoms with van der Waals surface area (Å²) in [5.74, 6) is 0.284. The smallest absolute Gasteiger partial charge is 0.310 e. The van der Waals surface area contributed by atoms with E-state index in [-0.39, 0.29) is 29.7 Å². The van der Waals surface area contributed by atoms with Crippen molar-refractivity contribution < 1.29 is 18.9 Å². The van der Waals surface area contributed by atoms with Gasteiger partial charge in [-0.3, -0.25) is 19.6 Å². The normalized spacial score (nSPS) is 10.6. The van der Waals surface area contributed by atoms with Crippen molar-refractivity contribution in [2.24, 2.45) is 7.05 Å². The molecule has 0 bridgehead atoms. The Morgan fingerprint density at radius 2 is 2.11 bits per heavy atom. The highest BCUT2D eigenvalue weighted by atomic mass is 16.6. The molecule has 0 aliphatic heterocycles. The molecule has 0 saturated carbocycles. The van der Waals surface area contributed by atoms with Crippen LogP contribution >= 0.6 is 0 Å². The zero-order valence-corrected chi connectivity index (χ0v) is 14.8. The number of ether oxygens (including phenoxy) is 1. The summed E-state index contributed by atoms with van der Waals surface area (Å²) in [6.07, 6.45) is 0. The minimum absolute atomic E-state index is 0.0287. The molecule has 0 aliphatic rings. The molecule has 0 spiro atoms. The molecule has 3 rings (SSSR count). The largest absolute Gasteiger partial charge is 0.479 e. The number of hydrogen-bond donors (Lipinski definition) is 1. The van der Waals surface area contributed by atoms with Gasteiger partial charge in [-0.25, -0.2) is 0 Å². The lowest BCUT2D eigenvalue weighted by molar-refractivity contribution is -0.386. The molecule has 0 fully saturated rings. The standard InChI is InChI=1S/C18H18N4O5/c1-12-9-13(21(2)20-12)10-19-18(23)17-8-7-14(27-17)11-26-16-6-4-3-5-15(16)22(24)25/h3-9H,10-11H2,1-2H3,(H,19,23). The van der Waals surface area contributed by atoms with Gasteiger partial charge in [-0.2, -0.15) is 5.10 Å². The summed E-state index contributed by atoms with van der Waals surface area (Å²) in [6.45, 7) is 2.17. The van der Waals surface area contributed by atoms with Crippen molar-refractivity contribution in [3.05, 3.63) is 75.5 Å². The monoisotopic (exact) mass is 370 g/mol. The van der Waals surface area contributed by atoms with Crippen LogP contribution in [0.3, 0.4) is 0 Å². The second-order valence-corrected chi connectivity index (χ2v) is 5.86. The van der Waals surface area contributed by atoms with Crippen LogP contribution in [0.25, 0.3) is 0 Å². The Balaban J connectivity index is 1.59. The topological polar surface area (TPSA) is 112 Å². The van der Waals surface area contributed by atoms with Crippen LogP contribution in [0.2, 0.25) is 0 Å². The Labute approximate surface area is 154 Å². The molecule has 140 valence electrons. The number of nitrogens with one attached hydrogen (secondary N) is 1. The summed E-state index contributed by atoms with van der Waals surface area (Å²) in [5, 5.41) is 18.0. The van der Waals surface area contributed by atoms with Gasteiger partial charge >= 0.3 is 5.69 Å². The van der Waals surface area contributed by atoms with Gasteiger partial charge in [0.1, 0.15) is 12.4 Å². The second-order valence-electron chi connectivity index (χ2n) is 5.86. The van der Waals surface area contributed by atoms with E-state index >= 15 is 0 Å². The molecule has 1 aromatic carbocycles. The van der Waals surface area contributed by atoms with Gasteiger partial charge in [0.25, 0.3) is 5.91 Å². The molecule has 0 unspecified atom stereocenters. The van der Waals surface area contributed by atoms with Gasteiger partial charge in [-0.05, 0) is 31.2 Å². The fourth-order valence-corrected chi connectivity index (χ4v) is 2.54. The molecule has 0 saturated heterocycles. The molecule has 27 heavy (non-hydrogen) atoms. The molecule has 3 aromatic rings. The number of nitro benzene ring substituents is 1. The predicted molar refractivity (Wildman–Crippen MR) is 95.3 cm³/mol. The number of aromatic nitrogens is 2. The fraction of sp³-hybridized carbons (Fsp3) is 0.222. The third-order valence-electron chi connectivity index (χ3n) is 3.85. The Kier molecular flexibility index (Phi) is 5.20. The average molecular weight is 370 g/mol. The minimum Gasteiger partial charge on any atom is -0.479 e. The number of para-hydroxylation sites is 2. The molecule has 0 atom stereocenters. The first-order valence-electron chi connectivity index (χ1n) is 8.16. The van der Waals surface area contributed by atoms with Crippen LogP contribution in [-0.4, -0.2) is 20.6 Å². The van der Waals surface area contributed by atoms with Gasteiger partial charge in [0.05, 0.1) is 22.9 Å². The van der Waals surface area contributed by atoms with Crippen LogP contribution in [0.1, 0.15) is 27.7 Å². The highest BCUT2D eigenvalue weighted by Gasteiger charge is 2.16. The number of nitrogens with zero attached hydrogens (tertiary/aromatic N) is 3. The lowest BCUT2D eigenvalue weighted by Crippen LogP contribution is -2.23. The Bertz CT molecular complexity index is 976. The van der Waals surface area contributed by atoms with Gasteiger partial charge in [-0.15, -0.1) is 0 Å². The maximum absolute atomic E-state index is 12.2. The summed E-state index contributed by atoms with van der Waals surface area (Å²) in [5.41, 5.74) is 1.61. The molecule has 1 amide bonds. The van der Waals surface area contributed by atoms with Crippen molar-refractivity contribution in [3.63, 3.8) is 0 Å². The van der Waals surface area contributed by atoms with Crippen LogP contribution in [0, 0.1) is 17.0 Å². The summed E-state index contributed by atoms with van der Waals surface area (Å²) in [6, 6.07) is 11.1. The van der Waals surface area contributed by atoms with E-state index in [1.54, 1.807) is 29.9 Å². The van der Waals surface area contributed by atoms with E-state index in [4.69, 9.17) is 9.15 Å². The zero-order valence-electron chi connectivity index (χ0n) is 14.8. The number of benzene rings is 1. The number of rotatable bonds is 7. The molecular weight excluding hydrogens is 352 g/mol. The number of nitro groups is 1. The highest BCUT2D eigenvalue weighted by molar-refractivity contribution is 5.91. The Morgan fingerprint density at radius 1 is 1.33 bits per heavy atom. The average Bonchev–Trinajstić information content (AvgIpc) is 3.24. The van der Waals surface area contributed by atoms with E-state index in [1.807, 2.05) is 13.0 Å². The molecule has 2 aromatic heterocycles. The van der Waals surface area contributed by atoms with Crippen LogP contribution in [0.15, 0.2) is 46.9 Å². The van der Waals surface area contributed by atoms with E-state index in [0.29, 0.717) is 12.3 Å². The maximum Gasteiger partial charge on any atom is 0.310 e. The first-order chi connectivity index (χ1) is 12.9. The molecule has 9 heteroatoms. The van der Waals surface area contributed by atoms with Gasteiger partial charge in [-0.1, -0.05) is 12.1 Å². The van der Waals surface area contributed by atoms with Gasteiger partial charge in [0.15, 0.2) is 11.5 Å². The first kappa shape index (κ1) is 18.2. The molecule has 0 aliphatic carbocycles. The Hall–Kier alpha value is -3.62. The third kappa shape index (κ3) is 4.32. The Morgan fingerprint density at radius 3 is 2.81 bits per heavy atom. The third-order valence-corrected chi connectivity index (χ3v) is 3.85. The summed E-state index contributed by atoms with van der Waals surface area (Å²) < 4.78 is 12.6. The molecular formula is C18H18N4O5. The first-order valence-corrected chi connectivity index (χ1v) is 8.16. The van der Waals surface area contributed by atoms with Crippen LogP contribution < -0.4 is 10.1 Å². The highest BCUT2D eigenvalue weighted by Crippen LogP contribution is 2.26. The number of carbonyl (C=O) groups is 1. The number of hydrogen-bond acceptors (Lipinski definition) is 6. The molecule has 1 N–H and O–H groups in total. The van der Waals surface area contributed by atoms with Crippen molar-refractivity contribution in [2.45, 2.75) is 20.1 Å². The number of amides is 1. The SMILES string of the molecule is Cc1cc(CNC(=O)c2ccc(COc3ccccc3[N+](=O)[O-])o2)n(C)n1. The maximum atomic E-state index is 12.2. The fourth-order valence-electron chi connectivity index (χ4n) is 2.54. The van der Waals surface area contributed by atoms with E-state index in [1.165, 1.54) is 18.2 Å². The lowest BCUT2D eigenvalue weighted by Gasteiger charge is -2.05. The van der Waals surface area contributed by atoms with Crippen LogP contribution in [0.4, 0.5) is 5.69 Å². The molecule has 0 radical (unpaired) electrons. The molecule has 2 heterocycles. The van der Waals surface area contributed by atoms with Crippen molar-refractivity contribution in [2.75, 3.05) is 0 Å². The van der Waals surface area contributed by atoms with E-state index in [0.717, 1.165) is 11.4 Å². The van der Waals surface area contributed by atoms with E-state index in [9.17, 15) is 14.9 Å². The number of furan rings is 1. The van der Waals surface area contributed by atoms with Gasteiger partial charge < -0.3 is 14.5 Å². The summed E-state index contributed by atoms with van der Waals surface area (Å²) in [7, 11) is 1.81. The van der Waals surface area contributed by atoms with Gasteiger partial charge in [0.2, 0.25) is 0 Å². The number of aryl methyl sites for hydroxylation is 2. The second kappa shape index (κ2) is 7.73. The minimum atomic E-state index is -0.517. The zero-order chi connectivity index (χ0) is 19.4. The van der Waals surface area contributed by atoms with Crippen LogP contribution in [0.5, 0.6) is 5.75 Å². The quantitative estimate of drug-likeness (QED) is 0.505. The van der Waals surface area contributed by atoms with Crippen molar-refractivity contribution in [1.29, 1.82) is 0 Å². The van der Waals surface area contributed by atoms with Crippen LogP contribution in [-0.2, 0) is 20.2 Å².